The van der Waals surface area contributed by atoms with Crippen molar-refractivity contribution in [2.45, 2.75) is 43.1 Å². The van der Waals surface area contributed by atoms with E-state index in [1.807, 2.05) is 42.0 Å². The molecule has 2 aromatic heterocycles. The Morgan fingerprint density at radius 2 is 2.03 bits per heavy atom. The Balaban J connectivity index is 1.45. The summed E-state index contributed by atoms with van der Waals surface area (Å²) in [5.41, 5.74) is 2.08. The molecule has 0 bridgehead atoms. The molecule has 3 heterocycles. The number of hydrogen-bond donors (Lipinski definition) is 1. The van der Waals surface area contributed by atoms with Crippen LogP contribution in [0.3, 0.4) is 0 Å². The summed E-state index contributed by atoms with van der Waals surface area (Å²) in [4.78, 5) is 17.9. The van der Waals surface area contributed by atoms with E-state index < -0.39 is 16.1 Å². The maximum atomic E-state index is 13.0. The number of sulfonamides is 1. The quantitative estimate of drug-likeness (QED) is 0.607. The molecular weight excluding hydrogens is 420 g/mol. The molecule has 0 unspecified atom stereocenters. The van der Waals surface area contributed by atoms with Crippen molar-refractivity contribution in [3.63, 3.8) is 0 Å². The third kappa shape index (κ3) is 4.33. The monoisotopic (exact) mass is 444 g/mol. The van der Waals surface area contributed by atoms with E-state index in [0.717, 1.165) is 16.0 Å². The van der Waals surface area contributed by atoms with E-state index in [4.69, 9.17) is 0 Å². The van der Waals surface area contributed by atoms with Crippen molar-refractivity contribution in [3.8, 4) is 0 Å². The summed E-state index contributed by atoms with van der Waals surface area (Å²) < 4.78 is 29.6. The zero-order valence-corrected chi connectivity index (χ0v) is 18.3. The van der Waals surface area contributed by atoms with Gasteiger partial charge in [-0.3, -0.25) is 4.79 Å². The molecule has 1 saturated heterocycles. The standard InChI is InChI=1S/C21H24N4O3S2/c1-16-8-9-20(29-16)30(27,28)25-11-4-7-19(25)21(26)23-13-17-5-2-3-6-18(17)14-24-12-10-22-15-24/h2-3,5-6,8-10,12,15,19H,4,7,11,13-14H2,1H3,(H,23,26)/t19-/m0/s1. The normalized spacial score (nSPS) is 17.3. The fraction of sp³-hybridized carbons (Fsp3) is 0.333. The zero-order chi connectivity index (χ0) is 21.1. The van der Waals surface area contributed by atoms with Crippen LogP contribution < -0.4 is 5.32 Å². The van der Waals surface area contributed by atoms with Gasteiger partial charge in [0.05, 0.1) is 6.33 Å². The highest BCUT2D eigenvalue weighted by molar-refractivity contribution is 7.91. The molecule has 7 nitrogen and oxygen atoms in total. The smallest absolute Gasteiger partial charge is 0.253 e. The first-order valence-corrected chi connectivity index (χ1v) is 12.1. The van der Waals surface area contributed by atoms with Gasteiger partial charge in [0.2, 0.25) is 5.91 Å². The van der Waals surface area contributed by atoms with Crippen molar-refractivity contribution in [3.05, 3.63) is 71.1 Å². The van der Waals surface area contributed by atoms with Crippen LogP contribution in [0.15, 0.2) is 59.3 Å². The van der Waals surface area contributed by atoms with Gasteiger partial charge >= 0.3 is 0 Å². The summed E-state index contributed by atoms with van der Waals surface area (Å²) in [7, 11) is -3.66. The second-order valence-electron chi connectivity index (χ2n) is 7.36. The Bertz CT molecular complexity index is 1120. The van der Waals surface area contributed by atoms with Gasteiger partial charge in [-0.2, -0.15) is 4.31 Å². The minimum absolute atomic E-state index is 0.248. The molecule has 1 aliphatic heterocycles. The predicted octanol–water partition coefficient (Wildman–Crippen LogP) is 2.77. The largest absolute Gasteiger partial charge is 0.351 e. The van der Waals surface area contributed by atoms with E-state index in [1.54, 1.807) is 24.7 Å². The molecule has 0 aliphatic carbocycles. The van der Waals surface area contributed by atoms with E-state index in [2.05, 4.69) is 10.3 Å². The highest BCUT2D eigenvalue weighted by atomic mass is 32.2. The number of carbonyl (C=O) groups excluding carboxylic acids is 1. The molecule has 0 radical (unpaired) electrons. The molecule has 0 spiro atoms. The van der Waals surface area contributed by atoms with E-state index in [0.29, 0.717) is 36.7 Å². The average molecular weight is 445 g/mol. The topological polar surface area (TPSA) is 84.3 Å². The SMILES string of the molecule is Cc1ccc(S(=O)(=O)N2CCC[C@H]2C(=O)NCc2ccccc2Cn2ccnc2)s1. The molecule has 1 aliphatic rings. The molecule has 1 N–H and O–H groups in total. The fourth-order valence-electron chi connectivity index (χ4n) is 3.72. The Kier molecular flexibility index (Phi) is 6.03. The number of nitrogens with zero attached hydrogens (tertiary/aromatic N) is 3. The minimum Gasteiger partial charge on any atom is -0.351 e. The van der Waals surface area contributed by atoms with Gasteiger partial charge in [0.15, 0.2) is 0 Å². The number of hydrogen-bond acceptors (Lipinski definition) is 5. The second-order valence-corrected chi connectivity index (χ2v) is 10.8. The molecule has 0 saturated carbocycles. The van der Waals surface area contributed by atoms with Gasteiger partial charge < -0.3 is 9.88 Å². The number of aryl methyl sites for hydroxylation is 1. The number of amides is 1. The molecule has 1 aromatic carbocycles. The van der Waals surface area contributed by atoms with Crippen molar-refractivity contribution in [2.75, 3.05) is 6.54 Å². The third-order valence-electron chi connectivity index (χ3n) is 5.27. The third-order valence-corrected chi connectivity index (χ3v) is 8.64. The molecule has 4 rings (SSSR count). The summed E-state index contributed by atoms with van der Waals surface area (Å²) in [6, 6.07) is 10.6. The van der Waals surface area contributed by atoms with Gasteiger partial charge in [0.25, 0.3) is 10.0 Å². The maximum Gasteiger partial charge on any atom is 0.253 e. The summed E-state index contributed by atoms with van der Waals surface area (Å²) in [6.45, 7) is 3.26. The molecule has 1 fully saturated rings. The molecule has 1 amide bonds. The first-order chi connectivity index (χ1) is 14.4. The Hall–Kier alpha value is -2.49. The van der Waals surface area contributed by atoms with Crippen LogP contribution in [0.5, 0.6) is 0 Å². The lowest BCUT2D eigenvalue weighted by molar-refractivity contribution is -0.124. The number of aromatic nitrogens is 2. The number of rotatable bonds is 7. The van der Waals surface area contributed by atoms with Crippen LogP contribution in [0.25, 0.3) is 0 Å². The first kappa shape index (κ1) is 20.8. The van der Waals surface area contributed by atoms with Crippen LogP contribution in [0.1, 0.15) is 28.8 Å². The number of nitrogens with one attached hydrogen (secondary N) is 1. The Labute approximate surface area is 180 Å². The number of thiophene rings is 1. The summed E-state index contributed by atoms with van der Waals surface area (Å²) in [6.07, 6.45) is 6.59. The van der Waals surface area contributed by atoms with Crippen molar-refractivity contribution < 1.29 is 13.2 Å². The van der Waals surface area contributed by atoms with Gasteiger partial charge in [-0.25, -0.2) is 13.4 Å². The van der Waals surface area contributed by atoms with Crippen molar-refractivity contribution in [2.24, 2.45) is 0 Å². The molecule has 9 heteroatoms. The molecule has 30 heavy (non-hydrogen) atoms. The summed E-state index contributed by atoms with van der Waals surface area (Å²) >= 11 is 1.24. The van der Waals surface area contributed by atoms with Crippen molar-refractivity contribution >= 4 is 27.3 Å². The zero-order valence-electron chi connectivity index (χ0n) is 16.7. The lowest BCUT2D eigenvalue weighted by Crippen LogP contribution is -2.45. The van der Waals surface area contributed by atoms with E-state index in [1.165, 1.54) is 15.6 Å². The van der Waals surface area contributed by atoms with Crippen molar-refractivity contribution in [1.82, 2.24) is 19.2 Å². The van der Waals surface area contributed by atoms with Crippen molar-refractivity contribution in [1.29, 1.82) is 0 Å². The average Bonchev–Trinajstić information content (AvgIpc) is 3.49. The first-order valence-electron chi connectivity index (χ1n) is 9.83. The second kappa shape index (κ2) is 8.71. The van der Waals surface area contributed by atoms with Crippen LogP contribution in [-0.4, -0.2) is 40.8 Å². The number of carbonyl (C=O) groups is 1. The summed E-state index contributed by atoms with van der Waals surface area (Å²) in [5.74, 6) is -0.248. The van der Waals surface area contributed by atoms with Gasteiger partial charge in [-0.15, -0.1) is 11.3 Å². The van der Waals surface area contributed by atoms with Crippen LogP contribution in [0.4, 0.5) is 0 Å². The van der Waals surface area contributed by atoms with E-state index in [-0.39, 0.29) is 5.91 Å². The van der Waals surface area contributed by atoms with Gasteiger partial charge in [0.1, 0.15) is 10.3 Å². The predicted molar refractivity (Wildman–Crippen MR) is 116 cm³/mol. The molecular formula is C21H24N4O3S2. The van der Waals surface area contributed by atoms with Crippen LogP contribution >= 0.6 is 11.3 Å². The highest BCUT2D eigenvalue weighted by Gasteiger charge is 2.39. The molecule has 158 valence electrons. The Morgan fingerprint density at radius 3 is 2.73 bits per heavy atom. The lowest BCUT2D eigenvalue weighted by atomic mass is 10.1. The van der Waals surface area contributed by atoms with Gasteiger partial charge in [-0.1, -0.05) is 24.3 Å². The maximum absolute atomic E-state index is 13.0. The van der Waals surface area contributed by atoms with Gasteiger partial charge in [-0.05, 0) is 43.0 Å². The Morgan fingerprint density at radius 1 is 1.23 bits per heavy atom. The summed E-state index contributed by atoms with van der Waals surface area (Å²) in [5, 5.41) is 2.95. The minimum atomic E-state index is -3.66. The van der Waals surface area contributed by atoms with E-state index in [9.17, 15) is 13.2 Å². The number of benzene rings is 1. The fourth-order valence-corrected chi connectivity index (χ4v) is 6.79. The van der Waals surface area contributed by atoms with E-state index >= 15 is 0 Å². The lowest BCUT2D eigenvalue weighted by Gasteiger charge is -2.23. The van der Waals surface area contributed by atoms with Crippen LogP contribution in [0, 0.1) is 6.92 Å². The molecule has 1 atom stereocenters. The van der Waals surface area contributed by atoms with Crippen LogP contribution in [-0.2, 0) is 27.9 Å². The molecule has 3 aromatic rings. The van der Waals surface area contributed by atoms with Crippen LogP contribution in [0.2, 0.25) is 0 Å². The van der Waals surface area contributed by atoms with Gasteiger partial charge in [0, 0.05) is 36.9 Å². The number of imidazole rings is 1. The highest BCUT2D eigenvalue weighted by Crippen LogP contribution is 2.30.